The quantitative estimate of drug-likeness (QED) is 0.325. The minimum absolute atomic E-state index is 0.0502. The van der Waals surface area contributed by atoms with Crippen molar-refractivity contribution < 1.29 is 27.9 Å². The van der Waals surface area contributed by atoms with Gasteiger partial charge in [0.05, 0.1) is 11.9 Å². The van der Waals surface area contributed by atoms with Crippen LogP contribution >= 0.6 is 11.3 Å². The van der Waals surface area contributed by atoms with Crippen molar-refractivity contribution in [1.82, 2.24) is 10.3 Å². The number of hydrogen-bond acceptors (Lipinski definition) is 6. The first-order valence-corrected chi connectivity index (χ1v) is 11.5. The van der Waals surface area contributed by atoms with Gasteiger partial charge in [0.25, 0.3) is 11.8 Å². The van der Waals surface area contributed by atoms with Crippen LogP contribution in [-0.2, 0) is 0 Å². The van der Waals surface area contributed by atoms with Gasteiger partial charge in [-0.3, -0.25) is 9.59 Å². The lowest BCUT2D eigenvalue weighted by molar-refractivity contribution is -0.162. The number of thiazole rings is 1. The van der Waals surface area contributed by atoms with Gasteiger partial charge in [0.2, 0.25) is 0 Å². The number of phenols is 1. The molecule has 186 valence electrons. The Kier molecular flexibility index (Phi) is 7.69. The Hall–Kier alpha value is -3.60. The van der Waals surface area contributed by atoms with Crippen LogP contribution in [0.4, 0.5) is 29.7 Å². The van der Waals surface area contributed by atoms with Gasteiger partial charge in [0.1, 0.15) is 16.7 Å². The fourth-order valence-corrected chi connectivity index (χ4v) is 4.08. The van der Waals surface area contributed by atoms with E-state index < -0.39 is 30.0 Å². The molecule has 0 bridgehead atoms. The number of halogens is 3. The summed E-state index contributed by atoms with van der Waals surface area (Å²) in [5.74, 6) is -2.02. The van der Waals surface area contributed by atoms with E-state index in [9.17, 15) is 27.9 Å². The average molecular weight is 507 g/mol. The Morgan fingerprint density at radius 2 is 1.80 bits per heavy atom. The topological polar surface area (TPSA) is 103 Å². The van der Waals surface area contributed by atoms with Crippen LogP contribution in [-0.4, -0.2) is 34.1 Å². The number of alkyl halides is 3. The van der Waals surface area contributed by atoms with Crippen molar-refractivity contribution in [2.45, 2.75) is 39.9 Å². The zero-order chi connectivity index (χ0) is 25.9. The Balaban J connectivity index is 1.71. The SMILES string of the molecule is Cc1ccc(O)c(C)c1NC(=O)c1cnc(Nc2cccc(C(=O)N[C@@H](C(C)C)C(F)(F)F)c2)s1. The molecule has 0 saturated carbocycles. The number of nitrogens with zero attached hydrogens (tertiary/aromatic N) is 1. The molecule has 0 radical (unpaired) electrons. The number of hydrogen-bond donors (Lipinski definition) is 4. The van der Waals surface area contributed by atoms with Gasteiger partial charge in [-0.05, 0) is 49.6 Å². The van der Waals surface area contributed by atoms with Crippen LogP contribution in [0.3, 0.4) is 0 Å². The molecule has 3 rings (SSSR count). The van der Waals surface area contributed by atoms with Crippen molar-refractivity contribution in [3.63, 3.8) is 0 Å². The smallest absolute Gasteiger partial charge is 0.408 e. The Morgan fingerprint density at radius 1 is 1.09 bits per heavy atom. The molecule has 2 amide bonds. The molecule has 35 heavy (non-hydrogen) atoms. The zero-order valence-corrected chi connectivity index (χ0v) is 20.3. The number of aromatic hydroxyl groups is 1. The number of nitrogens with one attached hydrogen (secondary N) is 3. The third-order valence-electron chi connectivity index (χ3n) is 5.29. The molecule has 1 atom stereocenters. The van der Waals surface area contributed by atoms with Crippen molar-refractivity contribution in [3.8, 4) is 5.75 Å². The van der Waals surface area contributed by atoms with Gasteiger partial charge in [-0.25, -0.2) is 4.98 Å². The highest BCUT2D eigenvalue weighted by atomic mass is 32.1. The number of carbonyl (C=O) groups is 2. The molecule has 0 fully saturated rings. The largest absolute Gasteiger partial charge is 0.508 e. The Bertz CT molecular complexity index is 1240. The van der Waals surface area contributed by atoms with Crippen LogP contribution < -0.4 is 16.0 Å². The monoisotopic (exact) mass is 506 g/mol. The first-order valence-electron chi connectivity index (χ1n) is 10.7. The molecule has 0 aliphatic rings. The lowest BCUT2D eigenvalue weighted by Crippen LogP contribution is -2.48. The number of benzene rings is 2. The van der Waals surface area contributed by atoms with Gasteiger partial charge >= 0.3 is 6.18 Å². The van der Waals surface area contributed by atoms with Crippen molar-refractivity contribution >= 4 is 39.7 Å². The fraction of sp³-hybridized carbons (Fsp3) is 0.292. The summed E-state index contributed by atoms with van der Waals surface area (Å²) < 4.78 is 39.6. The maximum atomic E-state index is 13.2. The van der Waals surface area contributed by atoms with Gasteiger partial charge in [-0.2, -0.15) is 13.2 Å². The summed E-state index contributed by atoms with van der Waals surface area (Å²) in [6.07, 6.45) is -3.18. The van der Waals surface area contributed by atoms with Crippen LogP contribution in [0.15, 0.2) is 42.6 Å². The van der Waals surface area contributed by atoms with Gasteiger partial charge in [-0.15, -0.1) is 0 Å². The summed E-state index contributed by atoms with van der Waals surface area (Å²) in [6, 6.07) is 7.25. The van der Waals surface area contributed by atoms with E-state index in [-0.39, 0.29) is 11.3 Å². The minimum Gasteiger partial charge on any atom is -0.508 e. The van der Waals surface area contributed by atoms with Crippen LogP contribution in [0.2, 0.25) is 0 Å². The first kappa shape index (κ1) is 26.0. The lowest BCUT2D eigenvalue weighted by Gasteiger charge is -2.25. The van der Waals surface area contributed by atoms with Crippen molar-refractivity contribution in [2.24, 2.45) is 5.92 Å². The molecule has 7 nitrogen and oxygen atoms in total. The molecule has 3 aromatic rings. The van der Waals surface area contributed by atoms with E-state index in [1.807, 2.05) is 12.2 Å². The molecule has 0 aliphatic heterocycles. The molecule has 1 heterocycles. The van der Waals surface area contributed by atoms with Crippen molar-refractivity contribution in [2.75, 3.05) is 10.6 Å². The number of phenolic OH excluding ortho intramolecular Hbond substituents is 1. The highest BCUT2D eigenvalue weighted by molar-refractivity contribution is 7.17. The number of rotatable bonds is 7. The molecule has 11 heteroatoms. The van der Waals surface area contributed by atoms with Crippen molar-refractivity contribution in [1.29, 1.82) is 0 Å². The molecule has 1 aromatic heterocycles. The third kappa shape index (κ3) is 6.30. The van der Waals surface area contributed by atoms with E-state index in [1.54, 1.807) is 25.1 Å². The highest BCUT2D eigenvalue weighted by Gasteiger charge is 2.42. The normalized spacial score (nSPS) is 12.3. The maximum Gasteiger partial charge on any atom is 0.408 e. The minimum atomic E-state index is -4.56. The zero-order valence-electron chi connectivity index (χ0n) is 19.4. The predicted molar refractivity (Wildman–Crippen MR) is 130 cm³/mol. The standard InChI is InChI=1S/C24H25F3N4O3S/c1-12(2)20(24(25,26)27)31-21(33)15-6-5-7-16(10-15)29-23-28-11-18(35-23)22(34)30-19-13(3)8-9-17(32)14(19)4/h5-12,20,32H,1-4H3,(H,28,29)(H,30,34)(H,31,33)/t20-/m0/s1. The van der Waals surface area contributed by atoms with Gasteiger partial charge < -0.3 is 21.1 Å². The Morgan fingerprint density at radius 3 is 2.46 bits per heavy atom. The second-order valence-electron chi connectivity index (χ2n) is 8.33. The van der Waals surface area contributed by atoms with E-state index in [0.717, 1.165) is 16.9 Å². The predicted octanol–water partition coefficient (Wildman–Crippen LogP) is 5.78. The number of aryl methyl sites for hydroxylation is 1. The van der Waals surface area contributed by atoms with Gasteiger partial charge in [0, 0.05) is 16.8 Å². The number of amides is 2. The Labute approximate surface area is 204 Å². The van der Waals surface area contributed by atoms with Gasteiger partial charge in [0.15, 0.2) is 5.13 Å². The van der Waals surface area contributed by atoms with E-state index >= 15 is 0 Å². The molecule has 2 aromatic carbocycles. The lowest BCUT2D eigenvalue weighted by atomic mass is 10.0. The van der Waals surface area contributed by atoms with Crippen molar-refractivity contribution in [3.05, 3.63) is 64.2 Å². The van der Waals surface area contributed by atoms with Crippen LogP contribution in [0.25, 0.3) is 0 Å². The molecule has 0 spiro atoms. The van der Waals surface area contributed by atoms with E-state index in [0.29, 0.717) is 26.9 Å². The van der Waals surface area contributed by atoms with Gasteiger partial charge in [-0.1, -0.05) is 37.3 Å². The molecular weight excluding hydrogens is 481 g/mol. The average Bonchev–Trinajstić information content (AvgIpc) is 3.25. The summed E-state index contributed by atoms with van der Waals surface area (Å²) in [7, 11) is 0. The number of anilines is 3. The highest BCUT2D eigenvalue weighted by Crippen LogP contribution is 2.30. The van der Waals surface area contributed by atoms with E-state index in [1.165, 1.54) is 38.2 Å². The first-order chi connectivity index (χ1) is 16.4. The molecule has 0 saturated heterocycles. The molecule has 0 unspecified atom stereocenters. The molecule has 4 N–H and O–H groups in total. The third-order valence-corrected chi connectivity index (χ3v) is 6.21. The van der Waals surface area contributed by atoms with Crippen LogP contribution in [0.1, 0.15) is 45.0 Å². The van der Waals surface area contributed by atoms with E-state index in [2.05, 4.69) is 15.6 Å². The fourth-order valence-electron chi connectivity index (χ4n) is 3.35. The summed E-state index contributed by atoms with van der Waals surface area (Å²) in [4.78, 5) is 29.6. The summed E-state index contributed by atoms with van der Waals surface area (Å²) in [6.45, 7) is 6.27. The molecule has 0 aliphatic carbocycles. The number of carbonyl (C=O) groups excluding carboxylic acids is 2. The summed E-state index contributed by atoms with van der Waals surface area (Å²) >= 11 is 1.06. The van der Waals surface area contributed by atoms with Crippen LogP contribution in [0.5, 0.6) is 5.75 Å². The van der Waals surface area contributed by atoms with E-state index in [4.69, 9.17) is 0 Å². The molecular formula is C24H25F3N4O3S. The maximum absolute atomic E-state index is 13.2. The number of aromatic nitrogens is 1. The second kappa shape index (κ2) is 10.3. The second-order valence-corrected chi connectivity index (χ2v) is 9.36. The summed E-state index contributed by atoms with van der Waals surface area (Å²) in [5.41, 5.74) is 2.31. The summed E-state index contributed by atoms with van der Waals surface area (Å²) in [5, 5.41) is 18.0. The van der Waals surface area contributed by atoms with Crippen LogP contribution in [0, 0.1) is 19.8 Å².